The van der Waals surface area contributed by atoms with Crippen molar-refractivity contribution in [1.29, 1.82) is 0 Å². The summed E-state index contributed by atoms with van der Waals surface area (Å²) < 4.78 is 0. The summed E-state index contributed by atoms with van der Waals surface area (Å²) in [5.74, 6) is -0.234. The quantitative estimate of drug-likeness (QED) is 0.133. The average molecular weight is 490 g/mol. The Balaban J connectivity index is 1.49. The van der Waals surface area contributed by atoms with Gasteiger partial charge < -0.3 is 15.4 Å². The van der Waals surface area contributed by atoms with E-state index < -0.39 is 5.97 Å². The van der Waals surface area contributed by atoms with Gasteiger partial charge in [-0.25, -0.2) is 14.8 Å². The Morgan fingerprint density at radius 3 is 2.49 bits per heavy atom. The summed E-state index contributed by atoms with van der Waals surface area (Å²) in [6.45, 7) is 9.68. The Morgan fingerprint density at radius 1 is 1.08 bits per heavy atom. The van der Waals surface area contributed by atoms with Crippen molar-refractivity contribution in [1.82, 2.24) is 15.0 Å². The third-order valence-electron chi connectivity index (χ3n) is 5.72. The molecule has 7 nitrogen and oxygen atoms in total. The number of carbonyl (C=O) groups is 1. The van der Waals surface area contributed by atoms with E-state index in [2.05, 4.69) is 38.4 Å². The van der Waals surface area contributed by atoms with E-state index in [0.717, 1.165) is 56.6 Å². The van der Waals surface area contributed by atoms with E-state index in [4.69, 9.17) is 5.11 Å². The number of rotatable bonds is 10. The van der Waals surface area contributed by atoms with Gasteiger partial charge in [-0.15, -0.1) is 0 Å². The second-order valence-electron chi connectivity index (χ2n) is 8.28. The van der Waals surface area contributed by atoms with E-state index in [-0.39, 0.29) is 6.04 Å². The molecule has 0 saturated heterocycles. The molecule has 0 spiro atoms. The molecule has 0 amide bonds. The molecule has 0 aliphatic heterocycles. The first-order valence-corrected chi connectivity index (χ1v) is 11.7. The standard InChI is InChI=1S/C30H27N5O2/c1-4-6-23(5-2)20(3)34-29-26-17-27(35-30(26)33-19-32-29)24-12-14-25(15-13-24)31-18-22-9-7-21(8-10-22)11-16-28(36)37/h4-20H,1-2H2,3H3,(H,36,37)(H2,32,33,34,35)/b16-11+,23-6+,31-18?/t20-/m1/s1. The molecule has 4 aromatic rings. The van der Waals surface area contributed by atoms with Crippen LogP contribution in [0.4, 0.5) is 11.5 Å². The van der Waals surface area contributed by atoms with Gasteiger partial charge in [0.2, 0.25) is 0 Å². The molecule has 0 fully saturated rings. The van der Waals surface area contributed by atoms with Gasteiger partial charge in [-0.2, -0.15) is 0 Å². The topological polar surface area (TPSA) is 103 Å². The minimum Gasteiger partial charge on any atom is -0.478 e. The van der Waals surface area contributed by atoms with Gasteiger partial charge in [-0.3, -0.25) is 4.99 Å². The number of anilines is 1. The maximum Gasteiger partial charge on any atom is 0.328 e. The zero-order valence-corrected chi connectivity index (χ0v) is 20.4. The number of H-pyrrole nitrogens is 1. The van der Waals surface area contributed by atoms with Crippen LogP contribution in [0.2, 0.25) is 0 Å². The van der Waals surface area contributed by atoms with Crippen molar-refractivity contribution in [3.8, 4) is 11.3 Å². The highest BCUT2D eigenvalue weighted by Crippen LogP contribution is 2.29. The molecule has 2 heterocycles. The van der Waals surface area contributed by atoms with Crippen molar-refractivity contribution in [2.75, 3.05) is 5.32 Å². The molecule has 2 aromatic carbocycles. The number of hydrogen-bond donors (Lipinski definition) is 3. The van der Waals surface area contributed by atoms with E-state index in [1.165, 1.54) is 6.33 Å². The molecule has 2 aromatic heterocycles. The average Bonchev–Trinajstić information content (AvgIpc) is 3.35. The smallest absolute Gasteiger partial charge is 0.328 e. The van der Waals surface area contributed by atoms with Gasteiger partial charge in [-0.05, 0) is 53.5 Å². The molecule has 4 rings (SSSR count). The Bertz CT molecular complexity index is 1510. The van der Waals surface area contributed by atoms with Crippen molar-refractivity contribution in [3.63, 3.8) is 0 Å². The summed E-state index contributed by atoms with van der Waals surface area (Å²) in [7, 11) is 0. The Hall–Kier alpha value is -5.04. The third kappa shape index (κ3) is 6.35. The summed E-state index contributed by atoms with van der Waals surface area (Å²) in [4.78, 5) is 27.4. The lowest BCUT2D eigenvalue weighted by atomic mass is 10.1. The molecule has 0 aliphatic carbocycles. The van der Waals surface area contributed by atoms with Crippen LogP contribution in [0.5, 0.6) is 0 Å². The summed E-state index contributed by atoms with van der Waals surface area (Å²) in [6, 6.07) is 17.4. The molecule has 0 saturated carbocycles. The zero-order chi connectivity index (χ0) is 26.2. The number of fused-ring (bicyclic) bond motifs is 1. The van der Waals surface area contributed by atoms with Gasteiger partial charge in [0.25, 0.3) is 0 Å². The van der Waals surface area contributed by atoms with E-state index in [0.29, 0.717) is 0 Å². The lowest BCUT2D eigenvalue weighted by Gasteiger charge is -2.15. The van der Waals surface area contributed by atoms with E-state index in [9.17, 15) is 4.79 Å². The highest BCUT2D eigenvalue weighted by atomic mass is 16.4. The molecule has 0 radical (unpaired) electrons. The molecule has 184 valence electrons. The molecule has 0 bridgehead atoms. The van der Waals surface area contributed by atoms with Crippen molar-refractivity contribution in [3.05, 3.63) is 115 Å². The number of hydrogen-bond acceptors (Lipinski definition) is 5. The maximum atomic E-state index is 10.6. The molecule has 3 N–H and O–H groups in total. The second kappa shape index (κ2) is 11.6. The summed E-state index contributed by atoms with van der Waals surface area (Å²) in [5, 5.41) is 13.1. The fourth-order valence-electron chi connectivity index (χ4n) is 3.76. The summed E-state index contributed by atoms with van der Waals surface area (Å²) in [6.07, 6.45) is 11.4. The minimum atomic E-state index is -0.972. The Kier molecular flexibility index (Phi) is 7.85. The van der Waals surface area contributed by atoms with Gasteiger partial charge >= 0.3 is 5.97 Å². The number of nitrogens with one attached hydrogen (secondary N) is 2. The molecule has 0 unspecified atom stereocenters. The molecule has 1 atom stereocenters. The van der Waals surface area contributed by atoms with Crippen LogP contribution in [0.3, 0.4) is 0 Å². The van der Waals surface area contributed by atoms with E-state index in [1.807, 2.05) is 67.6 Å². The lowest BCUT2D eigenvalue weighted by molar-refractivity contribution is -0.131. The fraction of sp³-hybridized carbons (Fsp3) is 0.0667. The van der Waals surface area contributed by atoms with Crippen LogP contribution in [-0.4, -0.2) is 38.3 Å². The maximum absolute atomic E-state index is 10.6. The number of carboxylic acid groups (broad SMARTS) is 1. The summed E-state index contributed by atoms with van der Waals surface area (Å²) in [5.41, 5.74) is 6.24. The Morgan fingerprint density at radius 2 is 1.81 bits per heavy atom. The highest BCUT2D eigenvalue weighted by Gasteiger charge is 2.12. The van der Waals surface area contributed by atoms with Gasteiger partial charge in [0, 0.05) is 24.0 Å². The van der Waals surface area contributed by atoms with E-state index in [1.54, 1.807) is 24.4 Å². The molecule has 0 aliphatic rings. The van der Waals surface area contributed by atoms with Gasteiger partial charge in [0.05, 0.1) is 11.1 Å². The number of aliphatic carboxylic acids is 1. The largest absolute Gasteiger partial charge is 0.478 e. The minimum absolute atomic E-state index is 0.00139. The number of benzene rings is 2. The van der Waals surface area contributed by atoms with Crippen LogP contribution in [0.1, 0.15) is 18.1 Å². The van der Waals surface area contributed by atoms with Crippen LogP contribution >= 0.6 is 0 Å². The van der Waals surface area contributed by atoms with Crippen molar-refractivity contribution in [2.45, 2.75) is 13.0 Å². The first-order chi connectivity index (χ1) is 18.0. The van der Waals surface area contributed by atoms with Crippen molar-refractivity contribution >= 4 is 40.8 Å². The molecular formula is C30H27N5O2. The number of allylic oxidation sites excluding steroid dienone is 2. The summed E-state index contributed by atoms with van der Waals surface area (Å²) >= 11 is 0. The number of nitrogens with zero attached hydrogens (tertiary/aromatic N) is 3. The fourth-order valence-corrected chi connectivity index (χ4v) is 3.76. The first-order valence-electron chi connectivity index (χ1n) is 11.7. The predicted molar refractivity (Wildman–Crippen MR) is 151 cm³/mol. The Labute approximate surface area is 215 Å². The van der Waals surface area contributed by atoms with Crippen LogP contribution in [0.15, 0.2) is 109 Å². The third-order valence-corrected chi connectivity index (χ3v) is 5.72. The normalized spacial score (nSPS) is 12.7. The second-order valence-corrected chi connectivity index (χ2v) is 8.28. The zero-order valence-electron chi connectivity index (χ0n) is 20.4. The van der Waals surface area contributed by atoms with Gasteiger partial charge in [0.15, 0.2) is 0 Å². The first kappa shape index (κ1) is 25.1. The van der Waals surface area contributed by atoms with Crippen LogP contribution < -0.4 is 5.32 Å². The predicted octanol–water partition coefficient (Wildman–Crippen LogP) is 6.57. The van der Waals surface area contributed by atoms with Crippen LogP contribution in [0.25, 0.3) is 28.4 Å². The van der Waals surface area contributed by atoms with E-state index >= 15 is 0 Å². The number of carboxylic acids is 1. The SMILES string of the molecule is C=C/C=C(\C=C)[C@@H](C)Nc1ncnc2[nH]c(-c3ccc(N=Cc4ccc(/C=C/C(=O)O)cc4)cc3)cc12. The number of aromatic amines is 1. The molecular weight excluding hydrogens is 462 g/mol. The molecule has 37 heavy (non-hydrogen) atoms. The highest BCUT2D eigenvalue weighted by molar-refractivity contribution is 5.92. The monoisotopic (exact) mass is 489 g/mol. The number of aliphatic imine (C=N–C) groups is 1. The van der Waals surface area contributed by atoms with Crippen molar-refractivity contribution in [2.24, 2.45) is 4.99 Å². The van der Waals surface area contributed by atoms with Gasteiger partial charge in [-0.1, -0.05) is 67.8 Å². The number of aromatic nitrogens is 3. The van der Waals surface area contributed by atoms with Gasteiger partial charge in [0.1, 0.15) is 17.8 Å². The van der Waals surface area contributed by atoms with Crippen LogP contribution in [-0.2, 0) is 4.79 Å². The van der Waals surface area contributed by atoms with Crippen molar-refractivity contribution < 1.29 is 9.90 Å². The molecule has 7 heteroatoms. The lowest BCUT2D eigenvalue weighted by Crippen LogP contribution is -2.18. The van der Waals surface area contributed by atoms with Crippen LogP contribution in [0, 0.1) is 0 Å².